The molecule has 0 unspecified atom stereocenters. The average Bonchev–Trinajstić information content (AvgIpc) is 2.73. The fourth-order valence-electron chi connectivity index (χ4n) is 3.65. The van der Waals surface area contributed by atoms with Gasteiger partial charge in [0.05, 0.1) is 0 Å². The molecule has 0 heterocycles. The lowest BCUT2D eigenvalue weighted by atomic mass is 9.84. The lowest BCUT2D eigenvalue weighted by molar-refractivity contribution is 0.102. The maximum absolute atomic E-state index is 13.3. The molecule has 0 saturated carbocycles. The Morgan fingerprint density at radius 2 is 1.57 bits per heavy atom. The standard InChI is InChI=1S/C27H25NO2/c1-27(2,3)20-14-15-23(24(17-20)19-10-6-11-21(29)16-19)26(30)28-25-13-7-9-18-8-4-5-12-22(18)25/h4-17,29H,1-3H3,(H,28,30). The second-order valence-corrected chi connectivity index (χ2v) is 8.54. The van der Waals surface area contributed by atoms with Gasteiger partial charge in [0.1, 0.15) is 5.75 Å². The first kappa shape index (κ1) is 19.7. The zero-order valence-electron chi connectivity index (χ0n) is 17.4. The molecule has 2 N–H and O–H groups in total. The molecule has 0 atom stereocenters. The largest absolute Gasteiger partial charge is 0.508 e. The highest BCUT2D eigenvalue weighted by atomic mass is 16.3. The average molecular weight is 396 g/mol. The summed E-state index contributed by atoms with van der Waals surface area (Å²) < 4.78 is 0. The SMILES string of the molecule is CC(C)(C)c1ccc(C(=O)Nc2cccc3ccccc23)c(-c2cccc(O)c2)c1. The molecule has 0 radical (unpaired) electrons. The summed E-state index contributed by atoms with van der Waals surface area (Å²) >= 11 is 0. The van der Waals surface area contributed by atoms with Gasteiger partial charge in [-0.3, -0.25) is 4.79 Å². The van der Waals surface area contributed by atoms with Crippen molar-refractivity contribution in [2.45, 2.75) is 26.2 Å². The van der Waals surface area contributed by atoms with E-state index in [2.05, 4.69) is 26.1 Å². The highest BCUT2D eigenvalue weighted by Gasteiger charge is 2.20. The van der Waals surface area contributed by atoms with Gasteiger partial charge in [-0.15, -0.1) is 0 Å². The van der Waals surface area contributed by atoms with Crippen LogP contribution in [-0.2, 0) is 5.41 Å². The summed E-state index contributed by atoms with van der Waals surface area (Å²) in [5.74, 6) is -0.000714. The third-order valence-electron chi connectivity index (χ3n) is 5.33. The predicted molar refractivity (Wildman–Crippen MR) is 124 cm³/mol. The number of rotatable bonds is 3. The second kappa shape index (κ2) is 7.68. The fraction of sp³-hybridized carbons (Fsp3) is 0.148. The van der Waals surface area contributed by atoms with Crippen molar-refractivity contribution in [1.29, 1.82) is 0 Å². The van der Waals surface area contributed by atoms with E-state index in [0.29, 0.717) is 5.56 Å². The molecule has 0 aliphatic heterocycles. The Kier molecular flexibility index (Phi) is 5.04. The summed E-state index contributed by atoms with van der Waals surface area (Å²) in [4.78, 5) is 13.3. The van der Waals surface area contributed by atoms with E-state index in [9.17, 15) is 9.90 Å². The van der Waals surface area contributed by atoms with E-state index in [0.717, 1.165) is 33.2 Å². The van der Waals surface area contributed by atoms with Crippen molar-refractivity contribution in [2.24, 2.45) is 0 Å². The van der Waals surface area contributed by atoms with Gasteiger partial charge in [-0.05, 0) is 57.8 Å². The van der Waals surface area contributed by atoms with Crippen LogP contribution in [0.1, 0.15) is 36.7 Å². The van der Waals surface area contributed by atoms with E-state index in [1.54, 1.807) is 18.2 Å². The third-order valence-corrected chi connectivity index (χ3v) is 5.33. The van der Waals surface area contributed by atoms with Gasteiger partial charge in [-0.1, -0.05) is 75.4 Å². The van der Waals surface area contributed by atoms with Gasteiger partial charge >= 0.3 is 0 Å². The number of carbonyl (C=O) groups is 1. The van der Waals surface area contributed by atoms with Crippen LogP contribution in [0.3, 0.4) is 0 Å². The molecule has 150 valence electrons. The first-order valence-corrected chi connectivity index (χ1v) is 10.1. The number of aromatic hydroxyl groups is 1. The molecule has 3 nitrogen and oxygen atoms in total. The Hall–Kier alpha value is -3.59. The minimum atomic E-state index is -0.176. The van der Waals surface area contributed by atoms with Crippen molar-refractivity contribution in [1.82, 2.24) is 0 Å². The molecule has 0 fully saturated rings. The van der Waals surface area contributed by atoms with E-state index in [1.165, 1.54) is 0 Å². The predicted octanol–water partition coefficient (Wildman–Crippen LogP) is 6.76. The number of nitrogens with one attached hydrogen (secondary N) is 1. The zero-order chi connectivity index (χ0) is 21.3. The minimum absolute atomic E-state index is 0.0593. The Morgan fingerprint density at radius 3 is 2.33 bits per heavy atom. The number of hydrogen-bond acceptors (Lipinski definition) is 2. The quantitative estimate of drug-likeness (QED) is 0.402. The van der Waals surface area contributed by atoms with Crippen molar-refractivity contribution in [3.8, 4) is 16.9 Å². The molecule has 30 heavy (non-hydrogen) atoms. The van der Waals surface area contributed by atoms with E-state index in [1.807, 2.05) is 66.7 Å². The number of phenolic OH excluding ortho intramolecular Hbond substituents is 1. The smallest absolute Gasteiger partial charge is 0.256 e. The molecule has 0 spiro atoms. The summed E-state index contributed by atoms with van der Waals surface area (Å²) in [7, 11) is 0. The van der Waals surface area contributed by atoms with Gasteiger partial charge in [0.25, 0.3) is 5.91 Å². The zero-order valence-corrected chi connectivity index (χ0v) is 17.4. The van der Waals surface area contributed by atoms with Crippen LogP contribution in [-0.4, -0.2) is 11.0 Å². The number of hydrogen-bond donors (Lipinski definition) is 2. The maximum Gasteiger partial charge on any atom is 0.256 e. The summed E-state index contributed by atoms with van der Waals surface area (Å²) in [6.45, 7) is 6.43. The number of anilines is 1. The van der Waals surface area contributed by atoms with E-state index in [-0.39, 0.29) is 17.1 Å². The Balaban J connectivity index is 1.80. The van der Waals surface area contributed by atoms with Gasteiger partial charge in [-0.25, -0.2) is 0 Å². The second-order valence-electron chi connectivity index (χ2n) is 8.54. The van der Waals surface area contributed by atoms with Crippen molar-refractivity contribution >= 4 is 22.4 Å². The third kappa shape index (κ3) is 3.92. The van der Waals surface area contributed by atoms with Crippen LogP contribution >= 0.6 is 0 Å². The summed E-state index contributed by atoms with van der Waals surface area (Å²) in [5.41, 5.74) is 4.03. The topological polar surface area (TPSA) is 49.3 Å². The van der Waals surface area contributed by atoms with Crippen molar-refractivity contribution in [2.75, 3.05) is 5.32 Å². The monoisotopic (exact) mass is 395 g/mol. The highest BCUT2D eigenvalue weighted by Crippen LogP contribution is 2.33. The van der Waals surface area contributed by atoms with Gasteiger partial charge in [0.15, 0.2) is 0 Å². The first-order valence-electron chi connectivity index (χ1n) is 10.1. The van der Waals surface area contributed by atoms with Gasteiger partial charge in [0.2, 0.25) is 0 Å². The summed E-state index contributed by atoms with van der Waals surface area (Å²) in [6, 6.07) is 26.8. The molecule has 1 amide bonds. The van der Waals surface area contributed by atoms with Crippen molar-refractivity contribution in [3.63, 3.8) is 0 Å². The van der Waals surface area contributed by atoms with Crippen LogP contribution in [0.4, 0.5) is 5.69 Å². The molecule has 0 aromatic heterocycles. The van der Waals surface area contributed by atoms with E-state index < -0.39 is 0 Å². The molecular formula is C27H25NO2. The van der Waals surface area contributed by atoms with Crippen LogP contribution in [0.5, 0.6) is 5.75 Å². The van der Waals surface area contributed by atoms with Crippen LogP contribution in [0, 0.1) is 0 Å². The van der Waals surface area contributed by atoms with Gasteiger partial charge in [-0.2, -0.15) is 0 Å². The molecule has 4 aromatic carbocycles. The van der Waals surface area contributed by atoms with Crippen LogP contribution < -0.4 is 5.32 Å². The van der Waals surface area contributed by atoms with Crippen molar-refractivity contribution < 1.29 is 9.90 Å². The first-order chi connectivity index (χ1) is 14.3. The number of phenols is 1. The molecule has 3 heteroatoms. The van der Waals surface area contributed by atoms with E-state index >= 15 is 0 Å². The molecule has 0 aliphatic rings. The fourth-order valence-corrected chi connectivity index (χ4v) is 3.65. The highest BCUT2D eigenvalue weighted by molar-refractivity contribution is 6.12. The molecule has 0 aliphatic carbocycles. The minimum Gasteiger partial charge on any atom is -0.508 e. The molecular weight excluding hydrogens is 370 g/mol. The summed E-state index contributed by atoms with van der Waals surface area (Å²) in [6.07, 6.45) is 0. The lowest BCUT2D eigenvalue weighted by Gasteiger charge is -2.21. The number of amides is 1. The van der Waals surface area contributed by atoms with Gasteiger partial charge < -0.3 is 10.4 Å². The number of fused-ring (bicyclic) bond motifs is 1. The Morgan fingerprint density at radius 1 is 0.833 bits per heavy atom. The Labute approximate surface area is 177 Å². The lowest BCUT2D eigenvalue weighted by Crippen LogP contribution is -2.16. The van der Waals surface area contributed by atoms with Gasteiger partial charge in [0, 0.05) is 16.6 Å². The van der Waals surface area contributed by atoms with Crippen LogP contribution in [0.2, 0.25) is 0 Å². The molecule has 0 saturated heterocycles. The molecule has 4 aromatic rings. The van der Waals surface area contributed by atoms with E-state index in [4.69, 9.17) is 0 Å². The molecule has 0 bridgehead atoms. The maximum atomic E-state index is 13.3. The Bertz CT molecular complexity index is 1230. The summed E-state index contributed by atoms with van der Waals surface area (Å²) in [5, 5.41) is 15.1. The normalized spacial score (nSPS) is 11.4. The molecule has 4 rings (SSSR count). The van der Waals surface area contributed by atoms with Crippen molar-refractivity contribution in [3.05, 3.63) is 96.1 Å². The van der Waals surface area contributed by atoms with Crippen LogP contribution in [0.15, 0.2) is 84.9 Å². The number of carbonyl (C=O) groups excluding carboxylic acids is 1. The van der Waals surface area contributed by atoms with Crippen LogP contribution in [0.25, 0.3) is 21.9 Å². The number of benzene rings is 4.